The van der Waals surface area contributed by atoms with Gasteiger partial charge in [-0.2, -0.15) is 0 Å². The Morgan fingerprint density at radius 3 is 2.59 bits per heavy atom. The van der Waals surface area contributed by atoms with Gasteiger partial charge in [-0.1, -0.05) is 36.4 Å². The van der Waals surface area contributed by atoms with Crippen molar-refractivity contribution in [2.24, 2.45) is 0 Å². The van der Waals surface area contributed by atoms with Crippen LogP contribution in [0.5, 0.6) is 11.5 Å². The number of amides is 2. The molecule has 22 heavy (non-hydrogen) atoms. The van der Waals surface area contributed by atoms with Gasteiger partial charge >= 0.3 is 6.03 Å². The average Bonchev–Trinajstić information content (AvgIpc) is 2.55. The normalized spacial score (nSPS) is 10.0. The third kappa shape index (κ3) is 4.70. The van der Waals surface area contributed by atoms with Gasteiger partial charge in [0.05, 0.1) is 7.11 Å². The van der Waals surface area contributed by atoms with Crippen LogP contribution >= 0.6 is 0 Å². The molecule has 2 rings (SSSR count). The molecule has 0 atom stereocenters. The molecule has 2 aromatic rings. The number of nitrogens with one attached hydrogen (secondary N) is 2. The molecule has 2 aromatic carbocycles. The van der Waals surface area contributed by atoms with Gasteiger partial charge < -0.3 is 20.5 Å². The highest BCUT2D eigenvalue weighted by Crippen LogP contribution is 2.26. The minimum atomic E-state index is -0.219. The lowest BCUT2D eigenvalue weighted by Crippen LogP contribution is -2.36. The maximum absolute atomic E-state index is 11.7. The first-order valence-corrected chi connectivity index (χ1v) is 7.10. The van der Waals surface area contributed by atoms with E-state index in [1.165, 1.54) is 12.7 Å². The topological polar surface area (TPSA) is 70.6 Å². The van der Waals surface area contributed by atoms with Crippen LogP contribution in [0.2, 0.25) is 0 Å². The zero-order valence-electron chi connectivity index (χ0n) is 12.5. The van der Waals surface area contributed by atoms with Gasteiger partial charge in [0, 0.05) is 13.1 Å². The van der Waals surface area contributed by atoms with Crippen LogP contribution in [0.3, 0.4) is 0 Å². The molecule has 0 unspecified atom stereocenters. The lowest BCUT2D eigenvalue weighted by molar-refractivity contribution is 0.240. The molecular formula is C17H20N2O3. The summed E-state index contributed by atoms with van der Waals surface area (Å²) in [6, 6.07) is 14.7. The second-order valence-corrected chi connectivity index (χ2v) is 4.85. The molecule has 0 aliphatic heterocycles. The van der Waals surface area contributed by atoms with Crippen molar-refractivity contribution in [2.75, 3.05) is 13.7 Å². The number of carbonyl (C=O) groups excluding carboxylic acids is 1. The van der Waals surface area contributed by atoms with Crippen molar-refractivity contribution >= 4 is 6.03 Å². The molecule has 0 bridgehead atoms. The summed E-state index contributed by atoms with van der Waals surface area (Å²) in [5, 5.41) is 15.1. The average molecular weight is 300 g/mol. The van der Waals surface area contributed by atoms with E-state index in [1.54, 1.807) is 18.2 Å². The molecular weight excluding hydrogens is 280 g/mol. The molecule has 0 saturated heterocycles. The summed E-state index contributed by atoms with van der Waals surface area (Å²) in [5.74, 6) is 0.474. The van der Waals surface area contributed by atoms with Crippen molar-refractivity contribution < 1.29 is 14.6 Å². The zero-order valence-corrected chi connectivity index (χ0v) is 12.5. The predicted molar refractivity (Wildman–Crippen MR) is 85.0 cm³/mol. The maximum atomic E-state index is 11.7. The lowest BCUT2D eigenvalue weighted by atomic mass is 10.1. The summed E-state index contributed by atoms with van der Waals surface area (Å²) in [6.07, 6.45) is 0.793. The van der Waals surface area contributed by atoms with Crippen LogP contribution in [0.25, 0.3) is 0 Å². The highest BCUT2D eigenvalue weighted by atomic mass is 16.5. The van der Waals surface area contributed by atoms with Gasteiger partial charge in [0.15, 0.2) is 11.5 Å². The first-order valence-electron chi connectivity index (χ1n) is 7.10. The number of hydrogen-bond donors (Lipinski definition) is 3. The Labute approximate surface area is 129 Å². The fourth-order valence-electron chi connectivity index (χ4n) is 2.04. The Morgan fingerprint density at radius 2 is 1.86 bits per heavy atom. The van der Waals surface area contributed by atoms with Gasteiger partial charge in [-0.25, -0.2) is 4.79 Å². The van der Waals surface area contributed by atoms with E-state index in [0.717, 1.165) is 12.0 Å². The SMILES string of the molecule is COc1cc(CNC(=O)NCCc2ccccc2)ccc1O. The lowest BCUT2D eigenvalue weighted by Gasteiger charge is -2.09. The Balaban J connectivity index is 1.73. The molecule has 0 aliphatic carbocycles. The van der Waals surface area contributed by atoms with Crippen molar-refractivity contribution in [3.63, 3.8) is 0 Å². The third-order valence-corrected chi connectivity index (χ3v) is 3.24. The molecule has 0 fully saturated rings. The predicted octanol–water partition coefficient (Wildman–Crippen LogP) is 2.44. The minimum absolute atomic E-state index is 0.0820. The Hall–Kier alpha value is -2.69. The van der Waals surface area contributed by atoms with E-state index in [1.807, 2.05) is 30.3 Å². The molecule has 0 radical (unpaired) electrons. The monoisotopic (exact) mass is 300 g/mol. The largest absolute Gasteiger partial charge is 0.504 e. The number of benzene rings is 2. The molecule has 0 aromatic heterocycles. The number of phenolic OH excluding ortho intramolecular Hbond substituents is 1. The van der Waals surface area contributed by atoms with Crippen molar-refractivity contribution in [3.05, 3.63) is 59.7 Å². The fraction of sp³-hybridized carbons (Fsp3) is 0.235. The Kier molecular flexibility index (Phi) is 5.65. The number of urea groups is 1. The van der Waals surface area contributed by atoms with E-state index in [9.17, 15) is 9.90 Å². The number of phenols is 1. The Bertz CT molecular complexity index is 615. The number of aromatic hydroxyl groups is 1. The third-order valence-electron chi connectivity index (χ3n) is 3.24. The number of carbonyl (C=O) groups is 1. The van der Waals surface area contributed by atoms with Crippen LogP contribution in [-0.2, 0) is 13.0 Å². The first-order chi connectivity index (χ1) is 10.7. The van der Waals surface area contributed by atoms with Crippen LogP contribution < -0.4 is 15.4 Å². The second kappa shape index (κ2) is 7.93. The molecule has 5 heteroatoms. The molecule has 0 saturated carbocycles. The quantitative estimate of drug-likeness (QED) is 0.767. The molecule has 0 aliphatic rings. The van der Waals surface area contributed by atoms with Gasteiger partial charge in [0.1, 0.15) is 0 Å². The minimum Gasteiger partial charge on any atom is -0.504 e. The first kappa shape index (κ1) is 15.7. The Morgan fingerprint density at radius 1 is 1.09 bits per heavy atom. The van der Waals surface area contributed by atoms with E-state index >= 15 is 0 Å². The molecule has 5 nitrogen and oxygen atoms in total. The van der Waals surface area contributed by atoms with Crippen LogP contribution in [0, 0.1) is 0 Å². The van der Waals surface area contributed by atoms with Crippen LogP contribution in [0.4, 0.5) is 4.79 Å². The summed E-state index contributed by atoms with van der Waals surface area (Å²) in [6.45, 7) is 0.947. The summed E-state index contributed by atoms with van der Waals surface area (Å²) < 4.78 is 5.03. The van der Waals surface area contributed by atoms with Crippen molar-refractivity contribution in [3.8, 4) is 11.5 Å². The number of rotatable bonds is 6. The van der Waals surface area contributed by atoms with E-state index in [0.29, 0.717) is 18.8 Å². The van der Waals surface area contributed by atoms with Gasteiger partial charge in [-0.15, -0.1) is 0 Å². The fourth-order valence-corrected chi connectivity index (χ4v) is 2.04. The highest BCUT2D eigenvalue weighted by Gasteiger charge is 2.04. The van der Waals surface area contributed by atoms with E-state index < -0.39 is 0 Å². The highest BCUT2D eigenvalue weighted by molar-refractivity contribution is 5.73. The van der Waals surface area contributed by atoms with Crippen molar-refractivity contribution in [2.45, 2.75) is 13.0 Å². The summed E-state index contributed by atoms with van der Waals surface area (Å²) in [5.41, 5.74) is 2.04. The molecule has 0 heterocycles. The number of methoxy groups -OCH3 is 1. The van der Waals surface area contributed by atoms with Gasteiger partial charge in [0.2, 0.25) is 0 Å². The van der Waals surface area contributed by atoms with Gasteiger partial charge in [-0.3, -0.25) is 0 Å². The van der Waals surface area contributed by atoms with E-state index in [2.05, 4.69) is 10.6 Å². The zero-order chi connectivity index (χ0) is 15.8. The maximum Gasteiger partial charge on any atom is 0.315 e. The van der Waals surface area contributed by atoms with E-state index in [4.69, 9.17) is 4.74 Å². The smallest absolute Gasteiger partial charge is 0.315 e. The standard InChI is InChI=1S/C17H20N2O3/c1-22-16-11-14(7-8-15(16)20)12-19-17(21)18-10-9-13-5-3-2-4-6-13/h2-8,11,20H,9-10,12H2,1H3,(H2,18,19,21). The van der Waals surface area contributed by atoms with Crippen LogP contribution in [0.1, 0.15) is 11.1 Å². The van der Waals surface area contributed by atoms with Crippen molar-refractivity contribution in [1.82, 2.24) is 10.6 Å². The number of hydrogen-bond acceptors (Lipinski definition) is 3. The summed E-state index contributed by atoms with van der Waals surface area (Å²) in [7, 11) is 1.49. The van der Waals surface area contributed by atoms with Crippen LogP contribution in [-0.4, -0.2) is 24.8 Å². The van der Waals surface area contributed by atoms with Gasteiger partial charge in [-0.05, 0) is 29.7 Å². The second-order valence-electron chi connectivity index (χ2n) is 4.85. The molecule has 116 valence electrons. The van der Waals surface area contributed by atoms with E-state index in [-0.39, 0.29) is 11.8 Å². The summed E-state index contributed by atoms with van der Waals surface area (Å²) in [4.78, 5) is 11.7. The number of ether oxygens (including phenoxy) is 1. The molecule has 0 spiro atoms. The van der Waals surface area contributed by atoms with Crippen LogP contribution in [0.15, 0.2) is 48.5 Å². The van der Waals surface area contributed by atoms with Gasteiger partial charge in [0.25, 0.3) is 0 Å². The molecule has 3 N–H and O–H groups in total. The van der Waals surface area contributed by atoms with Crippen molar-refractivity contribution in [1.29, 1.82) is 0 Å². The molecule has 2 amide bonds. The summed E-state index contributed by atoms with van der Waals surface area (Å²) >= 11 is 0.